The van der Waals surface area contributed by atoms with Crippen LogP contribution in [0.2, 0.25) is 0 Å². The number of ether oxygens (including phenoxy) is 3. The van der Waals surface area contributed by atoms with Gasteiger partial charge < -0.3 is 19.5 Å². The molecule has 1 heterocycles. The number of fused-ring (bicyclic) bond motifs is 3. The van der Waals surface area contributed by atoms with Crippen LogP contribution in [0.1, 0.15) is 54.8 Å². The highest BCUT2D eigenvalue weighted by molar-refractivity contribution is 5.66. The summed E-state index contributed by atoms with van der Waals surface area (Å²) in [7, 11) is 4.98. The van der Waals surface area contributed by atoms with Crippen LogP contribution in [0.3, 0.4) is 0 Å². The molecule has 3 atom stereocenters. The molecule has 2 aliphatic rings. The molecular weight excluding hydrogens is 350 g/mol. The zero-order chi connectivity index (χ0) is 19.8. The Morgan fingerprint density at radius 3 is 2.32 bits per heavy atom. The van der Waals surface area contributed by atoms with Gasteiger partial charge in [-0.05, 0) is 47.1 Å². The molecule has 0 radical (unpaired) electrons. The SMILES string of the molecule is COc1cc(C2Nc3c(C(C)C)cccc3C3C=CCC32)cc(OC)c1OC. The summed E-state index contributed by atoms with van der Waals surface area (Å²) >= 11 is 0. The van der Waals surface area contributed by atoms with E-state index in [2.05, 4.69) is 61.6 Å². The van der Waals surface area contributed by atoms with Crippen molar-refractivity contribution in [2.75, 3.05) is 26.6 Å². The van der Waals surface area contributed by atoms with Gasteiger partial charge in [0.15, 0.2) is 11.5 Å². The third-order valence-electron chi connectivity index (χ3n) is 6.10. The van der Waals surface area contributed by atoms with Gasteiger partial charge in [-0.3, -0.25) is 0 Å². The van der Waals surface area contributed by atoms with Crippen molar-refractivity contribution >= 4 is 5.69 Å². The second kappa shape index (κ2) is 7.42. The lowest BCUT2D eigenvalue weighted by atomic mass is 9.75. The number of benzene rings is 2. The first kappa shape index (κ1) is 18.7. The van der Waals surface area contributed by atoms with E-state index in [4.69, 9.17) is 14.2 Å². The Balaban J connectivity index is 1.84. The number of hydrogen-bond acceptors (Lipinski definition) is 4. The largest absolute Gasteiger partial charge is 0.493 e. The molecule has 0 aromatic heterocycles. The van der Waals surface area contributed by atoms with Crippen molar-refractivity contribution in [2.45, 2.75) is 38.1 Å². The van der Waals surface area contributed by atoms with Gasteiger partial charge in [0.1, 0.15) is 0 Å². The summed E-state index contributed by atoms with van der Waals surface area (Å²) in [6.07, 6.45) is 5.75. The summed E-state index contributed by atoms with van der Waals surface area (Å²) in [5.41, 5.74) is 5.23. The van der Waals surface area contributed by atoms with Crippen LogP contribution in [0, 0.1) is 5.92 Å². The third kappa shape index (κ3) is 2.92. The minimum Gasteiger partial charge on any atom is -0.493 e. The second-order valence-electron chi connectivity index (χ2n) is 7.90. The molecule has 0 fully saturated rings. The van der Waals surface area contributed by atoms with Crippen LogP contribution >= 0.6 is 0 Å². The van der Waals surface area contributed by atoms with Crippen molar-refractivity contribution in [1.82, 2.24) is 0 Å². The van der Waals surface area contributed by atoms with Crippen molar-refractivity contribution in [3.05, 3.63) is 59.2 Å². The van der Waals surface area contributed by atoms with Gasteiger partial charge in [0.25, 0.3) is 0 Å². The fourth-order valence-corrected chi connectivity index (χ4v) is 4.74. The highest BCUT2D eigenvalue weighted by Gasteiger charge is 2.39. The summed E-state index contributed by atoms with van der Waals surface area (Å²) < 4.78 is 16.7. The zero-order valence-corrected chi connectivity index (χ0v) is 17.3. The number of anilines is 1. The monoisotopic (exact) mass is 379 g/mol. The lowest BCUT2D eigenvalue weighted by molar-refractivity contribution is 0.322. The smallest absolute Gasteiger partial charge is 0.203 e. The van der Waals surface area contributed by atoms with Crippen LogP contribution in [0.15, 0.2) is 42.5 Å². The lowest BCUT2D eigenvalue weighted by Gasteiger charge is -2.39. The van der Waals surface area contributed by atoms with Gasteiger partial charge in [-0.15, -0.1) is 0 Å². The van der Waals surface area contributed by atoms with Crippen molar-refractivity contribution in [3.63, 3.8) is 0 Å². The first-order valence-electron chi connectivity index (χ1n) is 9.95. The molecule has 0 bridgehead atoms. The Bertz CT molecular complexity index is 878. The molecular formula is C24H29NO3. The van der Waals surface area contributed by atoms with E-state index in [0.29, 0.717) is 35.0 Å². The highest BCUT2D eigenvalue weighted by atomic mass is 16.5. The molecule has 0 saturated heterocycles. The maximum atomic E-state index is 5.60. The van der Waals surface area contributed by atoms with E-state index < -0.39 is 0 Å². The van der Waals surface area contributed by atoms with Crippen LogP contribution in [-0.4, -0.2) is 21.3 Å². The van der Waals surface area contributed by atoms with Gasteiger partial charge in [-0.1, -0.05) is 44.2 Å². The van der Waals surface area contributed by atoms with Crippen molar-refractivity contribution in [3.8, 4) is 17.2 Å². The van der Waals surface area contributed by atoms with E-state index in [9.17, 15) is 0 Å². The Morgan fingerprint density at radius 1 is 1.00 bits per heavy atom. The Hall–Kier alpha value is -2.62. The van der Waals surface area contributed by atoms with Gasteiger partial charge in [0.05, 0.1) is 27.4 Å². The van der Waals surface area contributed by atoms with E-state index in [0.717, 1.165) is 12.0 Å². The molecule has 148 valence electrons. The van der Waals surface area contributed by atoms with Gasteiger partial charge >= 0.3 is 0 Å². The Labute approximate surface area is 167 Å². The predicted octanol–water partition coefficient (Wildman–Crippen LogP) is 5.66. The van der Waals surface area contributed by atoms with Crippen molar-refractivity contribution in [1.29, 1.82) is 0 Å². The standard InChI is InChI=1S/C24H29NO3/c1-14(2)16-8-6-11-19-17-9-7-10-18(17)22(25-23(16)19)15-12-20(26-3)24(28-5)21(13-15)27-4/h6-9,11-14,17-18,22,25H,10H2,1-5H3. The lowest BCUT2D eigenvalue weighted by Crippen LogP contribution is -2.30. The summed E-state index contributed by atoms with van der Waals surface area (Å²) in [6.45, 7) is 4.50. The van der Waals surface area contributed by atoms with E-state index in [1.165, 1.54) is 16.8 Å². The minimum absolute atomic E-state index is 0.182. The predicted molar refractivity (Wildman–Crippen MR) is 113 cm³/mol. The van der Waals surface area contributed by atoms with Gasteiger partial charge in [0, 0.05) is 11.6 Å². The molecule has 4 rings (SSSR count). The first-order valence-corrected chi connectivity index (χ1v) is 9.95. The van der Waals surface area contributed by atoms with Crippen LogP contribution in [-0.2, 0) is 0 Å². The molecule has 1 aliphatic heterocycles. The van der Waals surface area contributed by atoms with Crippen molar-refractivity contribution in [2.24, 2.45) is 5.92 Å². The normalized spacial score (nSPS) is 22.4. The maximum Gasteiger partial charge on any atom is 0.203 e. The van der Waals surface area contributed by atoms with Crippen molar-refractivity contribution < 1.29 is 14.2 Å². The van der Waals surface area contributed by atoms with Gasteiger partial charge in [0.2, 0.25) is 5.75 Å². The van der Waals surface area contributed by atoms with Crippen LogP contribution < -0.4 is 19.5 Å². The quantitative estimate of drug-likeness (QED) is 0.680. The van der Waals surface area contributed by atoms with E-state index >= 15 is 0 Å². The zero-order valence-electron chi connectivity index (χ0n) is 17.3. The molecule has 0 spiro atoms. The highest BCUT2D eigenvalue weighted by Crippen LogP contribution is 2.53. The summed E-state index contributed by atoms with van der Waals surface area (Å²) in [6, 6.07) is 11.0. The van der Waals surface area contributed by atoms with E-state index in [1.54, 1.807) is 21.3 Å². The molecule has 3 unspecified atom stereocenters. The Morgan fingerprint density at radius 2 is 1.71 bits per heavy atom. The molecule has 1 N–H and O–H groups in total. The molecule has 0 saturated carbocycles. The van der Waals surface area contributed by atoms with Crippen LogP contribution in [0.5, 0.6) is 17.2 Å². The molecule has 1 aliphatic carbocycles. The summed E-state index contributed by atoms with van der Waals surface area (Å²) in [5, 5.41) is 3.88. The summed E-state index contributed by atoms with van der Waals surface area (Å²) in [4.78, 5) is 0. The fourth-order valence-electron chi connectivity index (χ4n) is 4.74. The molecule has 2 aromatic rings. The summed E-state index contributed by atoms with van der Waals surface area (Å²) in [5.74, 6) is 3.39. The Kier molecular flexibility index (Phi) is 4.96. The van der Waals surface area contributed by atoms with Crippen LogP contribution in [0.25, 0.3) is 0 Å². The number of nitrogens with one attached hydrogen (secondary N) is 1. The van der Waals surface area contributed by atoms with Crippen LogP contribution in [0.4, 0.5) is 5.69 Å². The van der Waals surface area contributed by atoms with E-state index in [-0.39, 0.29) is 6.04 Å². The molecule has 28 heavy (non-hydrogen) atoms. The molecule has 4 nitrogen and oxygen atoms in total. The minimum atomic E-state index is 0.182. The van der Waals surface area contributed by atoms with E-state index in [1.807, 2.05) is 0 Å². The first-order chi connectivity index (χ1) is 13.6. The third-order valence-corrected chi connectivity index (χ3v) is 6.10. The second-order valence-corrected chi connectivity index (χ2v) is 7.90. The number of methoxy groups -OCH3 is 3. The number of rotatable bonds is 5. The maximum absolute atomic E-state index is 5.60. The number of hydrogen-bond donors (Lipinski definition) is 1. The fraction of sp³-hybridized carbons (Fsp3) is 0.417. The van der Waals surface area contributed by atoms with Gasteiger partial charge in [-0.2, -0.15) is 0 Å². The molecule has 0 amide bonds. The molecule has 4 heteroatoms. The average molecular weight is 380 g/mol. The number of allylic oxidation sites excluding steroid dienone is 2. The topological polar surface area (TPSA) is 39.7 Å². The molecule has 2 aromatic carbocycles. The average Bonchev–Trinajstić information content (AvgIpc) is 3.21. The number of para-hydroxylation sites is 1. The van der Waals surface area contributed by atoms with Gasteiger partial charge in [-0.25, -0.2) is 0 Å².